The molecule has 0 aromatic heterocycles. The summed E-state index contributed by atoms with van der Waals surface area (Å²) in [6.07, 6.45) is 0. The van der Waals surface area contributed by atoms with E-state index >= 15 is 0 Å². The summed E-state index contributed by atoms with van der Waals surface area (Å²) in [7, 11) is 0. The topological polar surface area (TPSA) is 58.2 Å². The minimum Gasteiger partial charge on any atom is -0.346 e. The van der Waals surface area contributed by atoms with Crippen molar-refractivity contribution in [1.29, 1.82) is 0 Å². The lowest BCUT2D eigenvalue weighted by atomic mass is 10.1. The van der Waals surface area contributed by atoms with Crippen LogP contribution in [-0.2, 0) is 15.3 Å². The van der Waals surface area contributed by atoms with E-state index in [0.717, 1.165) is 22.6 Å². The maximum Gasteiger partial charge on any atom is 0.243 e. The van der Waals surface area contributed by atoms with Crippen molar-refractivity contribution in [3.8, 4) is 0 Å². The van der Waals surface area contributed by atoms with Crippen LogP contribution in [0.4, 0.5) is 5.69 Å². The predicted octanol–water partition coefficient (Wildman–Crippen LogP) is 3.29. The number of benzene rings is 2. The fraction of sp³-hybridized carbons (Fsp3) is 0.263. The smallest absolute Gasteiger partial charge is 0.243 e. The van der Waals surface area contributed by atoms with Crippen molar-refractivity contribution < 1.29 is 9.59 Å². The van der Waals surface area contributed by atoms with E-state index in [2.05, 4.69) is 10.6 Å². The molecule has 0 fully saturated rings. The fourth-order valence-corrected chi connectivity index (χ4v) is 2.96. The molecule has 0 saturated carbocycles. The molecule has 0 aliphatic heterocycles. The second-order valence-electron chi connectivity index (χ2n) is 5.55. The fourth-order valence-electron chi connectivity index (χ4n) is 2.15. The molecular weight excluding hydrogens is 320 g/mol. The first kappa shape index (κ1) is 18.1. The summed E-state index contributed by atoms with van der Waals surface area (Å²) in [5, 5.41) is 5.48. The van der Waals surface area contributed by atoms with Crippen LogP contribution in [-0.4, -0.2) is 24.1 Å². The molecule has 4 nitrogen and oxygen atoms in total. The van der Waals surface area contributed by atoms with Gasteiger partial charge in [-0.25, -0.2) is 0 Å². The van der Waals surface area contributed by atoms with Gasteiger partial charge in [-0.1, -0.05) is 42.5 Å². The van der Waals surface area contributed by atoms with E-state index in [1.165, 1.54) is 17.3 Å². The average Bonchev–Trinajstić information content (AvgIpc) is 2.58. The first-order valence-corrected chi connectivity index (χ1v) is 8.96. The molecule has 24 heavy (non-hydrogen) atoms. The summed E-state index contributed by atoms with van der Waals surface area (Å²) in [6, 6.07) is 15.7. The van der Waals surface area contributed by atoms with E-state index in [-0.39, 0.29) is 18.4 Å². The number of thioether (sulfide) groups is 1. The Hall–Kier alpha value is -2.27. The van der Waals surface area contributed by atoms with Crippen molar-refractivity contribution in [3.05, 3.63) is 65.2 Å². The molecule has 0 unspecified atom stereocenters. The molecule has 2 rings (SSSR count). The Morgan fingerprint density at radius 1 is 0.958 bits per heavy atom. The molecule has 0 aliphatic rings. The van der Waals surface area contributed by atoms with E-state index in [1.807, 2.05) is 62.4 Å². The summed E-state index contributed by atoms with van der Waals surface area (Å²) < 4.78 is 0. The van der Waals surface area contributed by atoms with Gasteiger partial charge in [-0.2, -0.15) is 0 Å². The zero-order valence-corrected chi connectivity index (χ0v) is 14.8. The van der Waals surface area contributed by atoms with Crippen molar-refractivity contribution in [2.45, 2.75) is 19.6 Å². The Labute approximate surface area is 147 Å². The molecule has 2 amide bonds. The number of hydrogen-bond acceptors (Lipinski definition) is 3. The van der Waals surface area contributed by atoms with Gasteiger partial charge in [-0.15, -0.1) is 11.8 Å². The molecule has 0 aliphatic carbocycles. The third kappa shape index (κ3) is 5.74. The second kappa shape index (κ2) is 9.13. The Morgan fingerprint density at radius 3 is 2.46 bits per heavy atom. The van der Waals surface area contributed by atoms with E-state index in [1.54, 1.807) is 0 Å². The monoisotopic (exact) mass is 342 g/mol. The largest absolute Gasteiger partial charge is 0.346 e. The Bertz CT molecular complexity index is 702. The Balaban J connectivity index is 1.69. The standard InChI is InChI=1S/C19H22N2O2S/c1-14-7-6-10-17(15(14)2)21-18(22)11-20-19(23)13-24-12-16-8-4-3-5-9-16/h3-10H,11-13H2,1-2H3,(H,20,23)(H,21,22). The molecule has 0 bridgehead atoms. The number of aryl methyl sites for hydroxylation is 1. The van der Waals surface area contributed by atoms with Crippen LogP contribution in [0.25, 0.3) is 0 Å². The first-order valence-electron chi connectivity index (χ1n) is 7.80. The molecule has 2 aromatic carbocycles. The zero-order valence-electron chi connectivity index (χ0n) is 14.0. The van der Waals surface area contributed by atoms with Gasteiger partial charge in [0.25, 0.3) is 0 Å². The molecule has 126 valence electrons. The third-order valence-electron chi connectivity index (χ3n) is 3.67. The summed E-state index contributed by atoms with van der Waals surface area (Å²) in [6.45, 7) is 3.94. The Kier molecular flexibility index (Phi) is 6.88. The van der Waals surface area contributed by atoms with E-state index in [0.29, 0.717) is 5.75 Å². The van der Waals surface area contributed by atoms with Gasteiger partial charge in [-0.3, -0.25) is 9.59 Å². The molecule has 0 spiro atoms. The molecule has 0 atom stereocenters. The van der Waals surface area contributed by atoms with Crippen molar-refractivity contribution in [2.75, 3.05) is 17.6 Å². The zero-order chi connectivity index (χ0) is 17.4. The normalized spacial score (nSPS) is 10.2. The predicted molar refractivity (Wildman–Crippen MR) is 100 cm³/mol. The number of nitrogens with one attached hydrogen (secondary N) is 2. The van der Waals surface area contributed by atoms with Crippen LogP contribution in [0.2, 0.25) is 0 Å². The maximum absolute atomic E-state index is 11.9. The highest BCUT2D eigenvalue weighted by atomic mass is 32.2. The average molecular weight is 342 g/mol. The third-order valence-corrected chi connectivity index (χ3v) is 4.67. The maximum atomic E-state index is 11.9. The van der Waals surface area contributed by atoms with Crippen LogP contribution in [0.5, 0.6) is 0 Å². The van der Waals surface area contributed by atoms with Crippen molar-refractivity contribution in [1.82, 2.24) is 5.32 Å². The highest BCUT2D eigenvalue weighted by molar-refractivity contribution is 7.99. The minimum absolute atomic E-state index is 0.0158. The lowest BCUT2D eigenvalue weighted by Crippen LogP contribution is -2.34. The number of carbonyl (C=O) groups is 2. The van der Waals surface area contributed by atoms with Crippen LogP contribution in [0, 0.1) is 13.8 Å². The van der Waals surface area contributed by atoms with Gasteiger partial charge in [0.1, 0.15) is 0 Å². The molecule has 2 aromatic rings. The van der Waals surface area contributed by atoms with Crippen LogP contribution in [0.1, 0.15) is 16.7 Å². The first-order chi connectivity index (χ1) is 11.6. The van der Waals surface area contributed by atoms with Crippen LogP contribution in [0.15, 0.2) is 48.5 Å². The van der Waals surface area contributed by atoms with Gasteiger partial charge >= 0.3 is 0 Å². The van der Waals surface area contributed by atoms with Gasteiger partial charge < -0.3 is 10.6 Å². The van der Waals surface area contributed by atoms with Crippen molar-refractivity contribution in [3.63, 3.8) is 0 Å². The van der Waals surface area contributed by atoms with Gasteiger partial charge in [0, 0.05) is 11.4 Å². The van der Waals surface area contributed by atoms with Crippen molar-refractivity contribution in [2.24, 2.45) is 0 Å². The van der Waals surface area contributed by atoms with Crippen molar-refractivity contribution >= 4 is 29.3 Å². The molecule has 2 N–H and O–H groups in total. The van der Waals surface area contributed by atoms with Gasteiger partial charge in [0.2, 0.25) is 11.8 Å². The number of rotatable bonds is 7. The van der Waals surface area contributed by atoms with Crippen LogP contribution < -0.4 is 10.6 Å². The van der Waals surface area contributed by atoms with Gasteiger partial charge in [-0.05, 0) is 36.6 Å². The number of hydrogen-bond donors (Lipinski definition) is 2. The van der Waals surface area contributed by atoms with Crippen LogP contribution >= 0.6 is 11.8 Å². The summed E-state index contributed by atoms with van der Waals surface area (Å²) in [5.41, 5.74) is 4.13. The van der Waals surface area contributed by atoms with Gasteiger partial charge in [0.15, 0.2) is 0 Å². The highest BCUT2D eigenvalue weighted by Crippen LogP contribution is 2.17. The molecule has 5 heteroatoms. The number of carbonyl (C=O) groups excluding carboxylic acids is 2. The summed E-state index contributed by atoms with van der Waals surface area (Å²) in [5.74, 6) is 0.770. The summed E-state index contributed by atoms with van der Waals surface area (Å²) >= 11 is 1.53. The quantitative estimate of drug-likeness (QED) is 0.812. The number of anilines is 1. The van der Waals surface area contributed by atoms with Gasteiger partial charge in [0.05, 0.1) is 12.3 Å². The lowest BCUT2D eigenvalue weighted by molar-refractivity contribution is -0.122. The highest BCUT2D eigenvalue weighted by Gasteiger charge is 2.08. The van der Waals surface area contributed by atoms with E-state index in [9.17, 15) is 9.59 Å². The van der Waals surface area contributed by atoms with E-state index in [4.69, 9.17) is 0 Å². The van der Waals surface area contributed by atoms with E-state index < -0.39 is 0 Å². The number of amides is 2. The summed E-state index contributed by atoms with van der Waals surface area (Å²) in [4.78, 5) is 23.7. The Morgan fingerprint density at radius 2 is 1.71 bits per heavy atom. The minimum atomic E-state index is -0.217. The second-order valence-corrected chi connectivity index (χ2v) is 6.54. The van der Waals surface area contributed by atoms with Crippen LogP contribution in [0.3, 0.4) is 0 Å². The molecule has 0 heterocycles. The molecule has 0 radical (unpaired) electrons. The molecule has 0 saturated heterocycles. The SMILES string of the molecule is Cc1cccc(NC(=O)CNC(=O)CSCc2ccccc2)c1C. The lowest BCUT2D eigenvalue weighted by Gasteiger charge is -2.11. The molecular formula is C19H22N2O2S.